The van der Waals surface area contributed by atoms with Crippen LogP contribution in [0.3, 0.4) is 0 Å². The summed E-state index contributed by atoms with van der Waals surface area (Å²) in [6.45, 7) is 2.77. The molecule has 2 N–H and O–H groups in total. The van der Waals surface area contributed by atoms with E-state index in [0.717, 1.165) is 6.42 Å². The standard InChI is InChI=1S/C24H50O3/c1-2-3-4-5-6-7-8-9-10-11-12-13-14-15-16-17-18-19-20-21-27-24(22-25)23-26/h24-26H,2-23H2,1H3. The average molecular weight is 387 g/mol. The zero-order valence-corrected chi connectivity index (χ0v) is 18.4. The van der Waals surface area contributed by atoms with Gasteiger partial charge in [0, 0.05) is 6.61 Å². The normalized spacial score (nSPS) is 11.6. The maximum atomic E-state index is 8.90. The first-order valence-corrected chi connectivity index (χ1v) is 12.2. The molecular weight excluding hydrogens is 336 g/mol. The lowest BCUT2D eigenvalue weighted by molar-refractivity contribution is -0.0208. The summed E-state index contributed by atoms with van der Waals surface area (Å²) in [7, 11) is 0. The van der Waals surface area contributed by atoms with Crippen LogP contribution in [0.5, 0.6) is 0 Å². The predicted octanol–water partition coefficient (Wildman–Crippen LogP) is 6.79. The zero-order chi connectivity index (χ0) is 19.8. The molecule has 0 rings (SSSR count). The molecule has 0 aromatic heterocycles. The third-order valence-electron chi connectivity index (χ3n) is 5.51. The van der Waals surface area contributed by atoms with Crippen LogP contribution in [0.1, 0.15) is 129 Å². The van der Waals surface area contributed by atoms with Crippen molar-refractivity contribution >= 4 is 0 Å². The van der Waals surface area contributed by atoms with Gasteiger partial charge in [0.05, 0.1) is 13.2 Å². The van der Waals surface area contributed by atoms with Crippen molar-refractivity contribution in [3.05, 3.63) is 0 Å². The maximum absolute atomic E-state index is 8.90. The number of hydrogen-bond donors (Lipinski definition) is 2. The Morgan fingerprint density at radius 1 is 0.481 bits per heavy atom. The molecule has 0 saturated heterocycles. The van der Waals surface area contributed by atoms with Crippen LogP contribution >= 0.6 is 0 Å². The Balaban J connectivity index is 3.03. The van der Waals surface area contributed by atoms with Crippen LogP contribution in [-0.4, -0.2) is 36.1 Å². The molecule has 164 valence electrons. The van der Waals surface area contributed by atoms with Crippen LogP contribution in [0.4, 0.5) is 0 Å². The second kappa shape index (κ2) is 23.9. The number of aliphatic hydroxyl groups is 2. The number of ether oxygens (including phenoxy) is 1. The van der Waals surface area contributed by atoms with E-state index >= 15 is 0 Å². The summed E-state index contributed by atoms with van der Waals surface area (Å²) in [5, 5.41) is 17.8. The summed E-state index contributed by atoms with van der Waals surface area (Å²) >= 11 is 0. The first-order chi connectivity index (χ1) is 13.3. The molecule has 0 aliphatic heterocycles. The van der Waals surface area contributed by atoms with E-state index in [4.69, 9.17) is 14.9 Å². The Kier molecular flexibility index (Phi) is 23.8. The van der Waals surface area contributed by atoms with Gasteiger partial charge >= 0.3 is 0 Å². The van der Waals surface area contributed by atoms with Crippen LogP contribution in [0.25, 0.3) is 0 Å². The molecule has 0 saturated carbocycles. The Hall–Kier alpha value is -0.120. The minimum Gasteiger partial charge on any atom is -0.394 e. The first kappa shape index (κ1) is 26.9. The molecule has 0 heterocycles. The summed E-state index contributed by atoms with van der Waals surface area (Å²) in [4.78, 5) is 0. The molecular formula is C24H50O3. The Labute approximate surface area is 170 Å². The van der Waals surface area contributed by atoms with E-state index < -0.39 is 0 Å². The van der Waals surface area contributed by atoms with E-state index in [2.05, 4.69) is 6.92 Å². The van der Waals surface area contributed by atoms with Gasteiger partial charge in [0.25, 0.3) is 0 Å². The predicted molar refractivity (Wildman–Crippen MR) is 117 cm³/mol. The molecule has 0 amide bonds. The molecule has 0 spiro atoms. The van der Waals surface area contributed by atoms with Gasteiger partial charge in [-0.05, 0) is 6.42 Å². The molecule has 0 unspecified atom stereocenters. The zero-order valence-electron chi connectivity index (χ0n) is 18.4. The van der Waals surface area contributed by atoms with E-state index in [1.54, 1.807) is 0 Å². The summed E-state index contributed by atoms with van der Waals surface area (Å²) in [5.74, 6) is 0. The summed E-state index contributed by atoms with van der Waals surface area (Å²) < 4.78 is 5.37. The molecule has 3 nitrogen and oxygen atoms in total. The number of hydrogen-bond acceptors (Lipinski definition) is 3. The van der Waals surface area contributed by atoms with Crippen LogP contribution < -0.4 is 0 Å². The van der Waals surface area contributed by atoms with Crippen molar-refractivity contribution in [2.24, 2.45) is 0 Å². The fraction of sp³-hybridized carbons (Fsp3) is 1.00. The third-order valence-corrected chi connectivity index (χ3v) is 5.51. The van der Waals surface area contributed by atoms with Crippen molar-refractivity contribution in [3.63, 3.8) is 0 Å². The molecule has 0 aliphatic carbocycles. The number of rotatable bonds is 23. The molecule has 0 fully saturated rings. The average Bonchev–Trinajstić information content (AvgIpc) is 2.69. The van der Waals surface area contributed by atoms with Gasteiger partial charge in [-0.2, -0.15) is 0 Å². The van der Waals surface area contributed by atoms with Crippen molar-refractivity contribution < 1.29 is 14.9 Å². The number of unbranched alkanes of at least 4 members (excludes halogenated alkanes) is 18. The molecule has 27 heavy (non-hydrogen) atoms. The Morgan fingerprint density at radius 3 is 1.07 bits per heavy atom. The first-order valence-electron chi connectivity index (χ1n) is 12.2. The number of aliphatic hydroxyl groups excluding tert-OH is 2. The minimum atomic E-state index is -0.388. The molecule has 0 aliphatic rings. The minimum absolute atomic E-state index is 0.0877. The smallest absolute Gasteiger partial charge is 0.104 e. The molecule has 0 aromatic rings. The van der Waals surface area contributed by atoms with E-state index in [1.165, 1.54) is 116 Å². The van der Waals surface area contributed by atoms with Gasteiger partial charge in [-0.15, -0.1) is 0 Å². The van der Waals surface area contributed by atoms with E-state index in [0.29, 0.717) is 6.61 Å². The van der Waals surface area contributed by atoms with Crippen molar-refractivity contribution in [2.45, 2.75) is 135 Å². The van der Waals surface area contributed by atoms with Crippen molar-refractivity contribution in [3.8, 4) is 0 Å². The molecule has 0 atom stereocenters. The van der Waals surface area contributed by atoms with E-state index in [1.807, 2.05) is 0 Å². The maximum Gasteiger partial charge on any atom is 0.104 e. The lowest BCUT2D eigenvalue weighted by Crippen LogP contribution is -2.22. The van der Waals surface area contributed by atoms with Gasteiger partial charge in [-0.25, -0.2) is 0 Å². The van der Waals surface area contributed by atoms with Crippen LogP contribution in [-0.2, 0) is 4.74 Å². The Bertz CT molecular complexity index is 254. The highest BCUT2D eigenvalue weighted by molar-refractivity contribution is 4.53. The van der Waals surface area contributed by atoms with Gasteiger partial charge in [-0.1, -0.05) is 122 Å². The monoisotopic (exact) mass is 386 g/mol. The lowest BCUT2D eigenvalue weighted by Gasteiger charge is -2.11. The van der Waals surface area contributed by atoms with Gasteiger partial charge in [-0.3, -0.25) is 0 Å². The quantitative estimate of drug-likeness (QED) is 0.190. The summed E-state index contributed by atoms with van der Waals surface area (Å²) in [6, 6.07) is 0. The summed E-state index contributed by atoms with van der Waals surface area (Å²) in [6.07, 6.45) is 25.9. The van der Waals surface area contributed by atoms with Crippen LogP contribution in [0.2, 0.25) is 0 Å². The second-order valence-electron chi connectivity index (χ2n) is 8.22. The topological polar surface area (TPSA) is 49.7 Å². The van der Waals surface area contributed by atoms with Crippen molar-refractivity contribution in [1.82, 2.24) is 0 Å². The molecule has 0 bridgehead atoms. The Morgan fingerprint density at radius 2 is 0.778 bits per heavy atom. The molecule has 0 radical (unpaired) electrons. The van der Waals surface area contributed by atoms with Gasteiger partial charge in [0.2, 0.25) is 0 Å². The van der Waals surface area contributed by atoms with Crippen molar-refractivity contribution in [2.75, 3.05) is 19.8 Å². The van der Waals surface area contributed by atoms with Crippen LogP contribution in [0, 0.1) is 0 Å². The fourth-order valence-electron chi connectivity index (χ4n) is 3.59. The highest BCUT2D eigenvalue weighted by Gasteiger charge is 2.04. The van der Waals surface area contributed by atoms with Crippen LogP contribution in [0.15, 0.2) is 0 Å². The van der Waals surface area contributed by atoms with Crippen molar-refractivity contribution in [1.29, 1.82) is 0 Å². The third kappa shape index (κ3) is 22.0. The largest absolute Gasteiger partial charge is 0.394 e. The van der Waals surface area contributed by atoms with Gasteiger partial charge in [0.15, 0.2) is 0 Å². The SMILES string of the molecule is CCCCCCCCCCCCCCCCCCCCCOC(CO)CO. The fourth-order valence-corrected chi connectivity index (χ4v) is 3.59. The van der Waals surface area contributed by atoms with E-state index in [9.17, 15) is 0 Å². The highest BCUT2D eigenvalue weighted by Crippen LogP contribution is 2.14. The van der Waals surface area contributed by atoms with E-state index in [-0.39, 0.29) is 19.3 Å². The lowest BCUT2D eigenvalue weighted by atomic mass is 10.0. The highest BCUT2D eigenvalue weighted by atomic mass is 16.5. The summed E-state index contributed by atoms with van der Waals surface area (Å²) in [5.41, 5.74) is 0. The van der Waals surface area contributed by atoms with Gasteiger partial charge < -0.3 is 14.9 Å². The van der Waals surface area contributed by atoms with Gasteiger partial charge in [0.1, 0.15) is 6.10 Å². The molecule has 3 heteroatoms. The molecule has 0 aromatic carbocycles. The second-order valence-corrected chi connectivity index (χ2v) is 8.22.